The Morgan fingerprint density at radius 2 is 1.94 bits per heavy atom. The van der Waals surface area contributed by atoms with E-state index in [1.165, 1.54) is 18.3 Å². The Hall–Kier alpha value is -4.67. The number of hydrazine groups is 1. The van der Waals surface area contributed by atoms with Crippen LogP contribution < -0.4 is 15.6 Å². The minimum absolute atomic E-state index is 0.0527. The van der Waals surface area contributed by atoms with Gasteiger partial charge in [-0.05, 0) is 18.2 Å². The summed E-state index contributed by atoms with van der Waals surface area (Å²) in [4.78, 5) is 30.7. The minimum Gasteiger partial charge on any atom is -0.483 e. The Kier molecular flexibility index (Phi) is 5.56. The highest BCUT2D eigenvalue weighted by molar-refractivity contribution is 5.85. The lowest BCUT2D eigenvalue weighted by molar-refractivity contribution is -0.384. The molecule has 0 saturated heterocycles. The van der Waals surface area contributed by atoms with Gasteiger partial charge < -0.3 is 4.74 Å². The summed E-state index contributed by atoms with van der Waals surface area (Å²) in [7, 11) is 0. The Bertz CT molecular complexity index is 1240. The number of fused-ring (bicyclic) bond motifs is 1. The summed E-state index contributed by atoms with van der Waals surface area (Å²) in [6.07, 6.45) is 3.00. The number of nitrogens with zero attached hydrogens (tertiary/aromatic N) is 5. The van der Waals surface area contributed by atoms with Gasteiger partial charge >= 0.3 is 0 Å². The van der Waals surface area contributed by atoms with Crippen molar-refractivity contribution in [1.82, 2.24) is 25.6 Å². The van der Waals surface area contributed by atoms with Crippen LogP contribution in [-0.4, -0.2) is 37.6 Å². The van der Waals surface area contributed by atoms with Crippen molar-refractivity contribution in [1.29, 1.82) is 0 Å². The molecule has 154 valence electrons. The highest BCUT2D eigenvalue weighted by atomic mass is 16.6. The van der Waals surface area contributed by atoms with Gasteiger partial charge in [0.1, 0.15) is 11.4 Å². The van der Waals surface area contributed by atoms with E-state index in [0.29, 0.717) is 17.0 Å². The quantitative estimate of drug-likeness (QED) is 0.342. The summed E-state index contributed by atoms with van der Waals surface area (Å²) in [5, 5.41) is 19.5. The zero-order valence-corrected chi connectivity index (χ0v) is 15.9. The molecule has 11 heteroatoms. The fourth-order valence-electron chi connectivity index (χ4n) is 2.74. The van der Waals surface area contributed by atoms with E-state index in [1.54, 1.807) is 24.4 Å². The monoisotopic (exact) mass is 417 g/mol. The van der Waals surface area contributed by atoms with Crippen molar-refractivity contribution in [2.45, 2.75) is 0 Å². The van der Waals surface area contributed by atoms with Gasteiger partial charge in [-0.15, -0.1) is 10.2 Å². The predicted octanol–water partition coefficient (Wildman–Crippen LogP) is 2.52. The standard InChI is InChI=1S/C20H15N7O4/c28-19(12-31-18-8-9-21-16-7-2-1-6-15(16)18)24-26-20-22-11-17(23-25-20)13-4-3-5-14(10-13)27(29)30/h1-11H,12H2,(H,24,28)(H,22,25,26). The maximum absolute atomic E-state index is 12.1. The molecule has 4 aromatic rings. The average molecular weight is 417 g/mol. The molecule has 2 aromatic heterocycles. The first-order valence-electron chi connectivity index (χ1n) is 9.06. The van der Waals surface area contributed by atoms with Crippen LogP contribution in [0.3, 0.4) is 0 Å². The van der Waals surface area contributed by atoms with Gasteiger partial charge in [0.05, 0.1) is 16.6 Å². The van der Waals surface area contributed by atoms with E-state index in [-0.39, 0.29) is 18.2 Å². The second-order valence-corrected chi connectivity index (χ2v) is 6.26. The summed E-state index contributed by atoms with van der Waals surface area (Å²) in [5.74, 6) is 0.143. The largest absolute Gasteiger partial charge is 0.483 e. The lowest BCUT2D eigenvalue weighted by Crippen LogP contribution is -2.34. The van der Waals surface area contributed by atoms with Gasteiger partial charge in [-0.3, -0.25) is 30.7 Å². The average Bonchev–Trinajstić information content (AvgIpc) is 2.81. The molecule has 4 rings (SSSR count). The van der Waals surface area contributed by atoms with Crippen LogP contribution in [0.5, 0.6) is 5.75 Å². The Balaban J connectivity index is 1.33. The van der Waals surface area contributed by atoms with Crippen molar-refractivity contribution < 1.29 is 14.5 Å². The SMILES string of the molecule is O=C(COc1ccnc2ccccc12)NNc1ncc(-c2cccc([N+](=O)[O-])c2)nn1. The van der Waals surface area contributed by atoms with Gasteiger partial charge in [0.15, 0.2) is 6.61 Å². The van der Waals surface area contributed by atoms with Crippen molar-refractivity contribution in [3.8, 4) is 17.0 Å². The van der Waals surface area contributed by atoms with E-state index in [0.717, 1.165) is 10.9 Å². The number of benzene rings is 2. The van der Waals surface area contributed by atoms with Crippen LogP contribution in [0.2, 0.25) is 0 Å². The number of aromatic nitrogens is 4. The molecule has 0 aliphatic heterocycles. The second kappa shape index (κ2) is 8.78. The first-order chi connectivity index (χ1) is 15.1. The number of para-hydroxylation sites is 1. The van der Waals surface area contributed by atoms with Gasteiger partial charge in [-0.2, -0.15) is 0 Å². The number of pyridine rings is 1. The molecule has 0 saturated carbocycles. The molecule has 0 aliphatic rings. The van der Waals surface area contributed by atoms with E-state index in [4.69, 9.17) is 4.74 Å². The Morgan fingerprint density at radius 3 is 2.74 bits per heavy atom. The lowest BCUT2D eigenvalue weighted by atomic mass is 10.1. The normalized spacial score (nSPS) is 10.5. The molecule has 0 atom stereocenters. The highest BCUT2D eigenvalue weighted by Crippen LogP contribution is 2.23. The van der Waals surface area contributed by atoms with Gasteiger partial charge in [-0.1, -0.05) is 24.3 Å². The van der Waals surface area contributed by atoms with Crippen molar-refractivity contribution >= 4 is 28.4 Å². The number of hydrogen-bond acceptors (Lipinski definition) is 9. The van der Waals surface area contributed by atoms with Crippen LogP contribution in [0, 0.1) is 10.1 Å². The van der Waals surface area contributed by atoms with Crippen molar-refractivity contribution in [3.05, 3.63) is 77.1 Å². The zero-order valence-electron chi connectivity index (χ0n) is 15.9. The van der Waals surface area contributed by atoms with E-state index in [9.17, 15) is 14.9 Å². The fraction of sp³-hybridized carbons (Fsp3) is 0.0500. The van der Waals surface area contributed by atoms with Crippen LogP contribution in [0.1, 0.15) is 0 Å². The molecular weight excluding hydrogens is 402 g/mol. The molecule has 0 radical (unpaired) electrons. The summed E-state index contributed by atoms with van der Waals surface area (Å²) in [6, 6.07) is 15.1. The molecule has 11 nitrogen and oxygen atoms in total. The maximum Gasteiger partial charge on any atom is 0.276 e. The number of carbonyl (C=O) groups is 1. The summed E-state index contributed by atoms with van der Waals surface area (Å²) in [6.45, 7) is -0.236. The van der Waals surface area contributed by atoms with Crippen molar-refractivity contribution in [3.63, 3.8) is 0 Å². The van der Waals surface area contributed by atoms with Crippen LogP contribution in [0.25, 0.3) is 22.2 Å². The molecule has 2 N–H and O–H groups in total. The van der Waals surface area contributed by atoms with E-state index >= 15 is 0 Å². The number of hydrogen-bond donors (Lipinski definition) is 2. The van der Waals surface area contributed by atoms with Crippen LogP contribution >= 0.6 is 0 Å². The summed E-state index contributed by atoms with van der Waals surface area (Å²) in [5.41, 5.74) is 6.52. The highest BCUT2D eigenvalue weighted by Gasteiger charge is 2.10. The Labute approximate surface area is 175 Å². The molecule has 0 bridgehead atoms. The van der Waals surface area contributed by atoms with Crippen LogP contribution in [0.15, 0.2) is 67.0 Å². The minimum atomic E-state index is -0.493. The number of nitro groups is 1. The predicted molar refractivity (Wildman–Crippen MR) is 111 cm³/mol. The number of nitrogens with one attached hydrogen (secondary N) is 2. The molecule has 0 fully saturated rings. The van der Waals surface area contributed by atoms with E-state index in [1.807, 2.05) is 24.3 Å². The smallest absolute Gasteiger partial charge is 0.276 e. The van der Waals surface area contributed by atoms with Crippen LogP contribution in [0.4, 0.5) is 11.6 Å². The van der Waals surface area contributed by atoms with Crippen LogP contribution in [-0.2, 0) is 4.79 Å². The lowest BCUT2D eigenvalue weighted by Gasteiger charge is -2.10. The van der Waals surface area contributed by atoms with E-state index in [2.05, 4.69) is 31.0 Å². The number of carbonyl (C=O) groups excluding carboxylic acids is 1. The third-order valence-corrected chi connectivity index (χ3v) is 4.20. The maximum atomic E-state index is 12.1. The van der Waals surface area contributed by atoms with Gasteiger partial charge in [0.2, 0.25) is 0 Å². The molecule has 2 aromatic carbocycles. The fourth-order valence-corrected chi connectivity index (χ4v) is 2.74. The number of nitro benzene ring substituents is 1. The number of amides is 1. The molecular formula is C20H15N7O4. The molecule has 0 unspecified atom stereocenters. The topological polar surface area (TPSA) is 145 Å². The first-order valence-corrected chi connectivity index (χ1v) is 9.06. The van der Waals surface area contributed by atoms with Gasteiger partial charge in [-0.25, -0.2) is 4.98 Å². The molecule has 1 amide bonds. The molecule has 31 heavy (non-hydrogen) atoms. The molecule has 0 aliphatic carbocycles. The molecule has 0 spiro atoms. The van der Waals surface area contributed by atoms with Gasteiger partial charge in [0.25, 0.3) is 17.5 Å². The first kappa shape index (κ1) is 19.6. The summed E-state index contributed by atoms with van der Waals surface area (Å²) < 4.78 is 5.57. The zero-order chi connectivity index (χ0) is 21.6. The van der Waals surface area contributed by atoms with Gasteiger partial charge in [0, 0.05) is 29.3 Å². The Morgan fingerprint density at radius 1 is 1.06 bits per heavy atom. The van der Waals surface area contributed by atoms with Crippen molar-refractivity contribution in [2.24, 2.45) is 0 Å². The second-order valence-electron chi connectivity index (χ2n) is 6.26. The number of anilines is 1. The van der Waals surface area contributed by atoms with E-state index < -0.39 is 10.8 Å². The third kappa shape index (κ3) is 4.67. The number of non-ortho nitro benzene ring substituents is 1. The summed E-state index contributed by atoms with van der Waals surface area (Å²) >= 11 is 0. The number of rotatable bonds is 7. The third-order valence-electron chi connectivity index (χ3n) is 4.20. The number of ether oxygens (including phenoxy) is 1. The molecule has 2 heterocycles. The van der Waals surface area contributed by atoms with Crippen molar-refractivity contribution in [2.75, 3.05) is 12.0 Å².